The maximum Gasteiger partial charge on any atom is 0.307 e. The van der Waals surface area contributed by atoms with E-state index >= 15 is 0 Å². The second-order valence-electron chi connectivity index (χ2n) is 8.31. The summed E-state index contributed by atoms with van der Waals surface area (Å²) < 4.78 is 46.8. The van der Waals surface area contributed by atoms with Crippen LogP contribution in [0.5, 0.6) is 5.75 Å². The number of benzene rings is 1. The number of hydrogen-bond donors (Lipinski definition) is 1. The molecule has 31 heavy (non-hydrogen) atoms. The normalized spacial score (nSPS) is 17.0. The predicted octanol–water partition coefficient (Wildman–Crippen LogP) is 4.47. The van der Waals surface area contributed by atoms with Crippen molar-refractivity contribution in [2.75, 3.05) is 18.8 Å². The van der Waals surface area contributed by atoms with Gasteiger partial charge in [0.25, 0.3) is 0 Å². The van der Waals surface area contributed by atoms with Crippen LogP contribution >= 0.6 is 11.3 Å². The van der Waals surface area contributed by atoms with Crippen LogP contribution in [-0.2, 0) is 14.8 Å². The summed E-state index contributed by atoms with van der Waals surface area (Å²) in [5.74, 6) is -2.04. The molecule has 1 aromatic carbocycles. The van der Waals surface area contributed by atoms with Gasteiger partial charge in [0.15, 0.2) is 0 Å². The van der Waals surface area contributed by atoms with E-state index in [2.05, 4.69) is 0 Å². The third-order valence-corrected chi connectivity index (χ3v) is 8.04. The fourth-order valence-corrected chi connectivity index (χ4v) is 6.25. The van der Waals surface area contributed by atoms with Gasteiger partial charge in [-0.3, -0.25) is 4.79 Å². The molecule has 2 aromatic rings. The number of aliphatic carboxylic acids is 1. The minimum absolute atomic E-state index is 0.101. The number of thiophene rings is 1. The lowest BCUT2D eigenvalue weighted by Gasteiger charge is -2.32. The molecule has 6 nitrogen and oxygen atoms in total. The highest BCUT2D eigenvalue weighted by Crippen LogP contribution is 2.34. The Bertz CT molecular complexity index is 983. The van der Waals surface area contributed by atoms with E-state index in [1.807, 2.05) is 30.7 Å². The van der Waals surface area contributed by atoms with Crippen LogP contribution in [-0.4, -0.2) is 48.7 Å². The average molecular weight is 470 g/mol. The lowest BCUT2D eigenvalue weighted by Crippen LogP contribution is -2.44. The van der Waals surface area contributed by atoms with E-state index in [1.165, 1.54) is 27.8 Å². The Morgan fingerprint density at radius 1 is 1.29 bits per heavy atom. The molecule has 1 aromatic heterocycles. The van der Waals surface area contributed by atoms with Gasteiger partial charge in [-0.05, 0) is 65.8 Å². The monoisotopic (exact) mass is 469 g/mol. The van der Waals surface area contributed by atoms with Crippen LogP contribution in [0.25, 0.3) is 11.1 Å². The molecule has 1 unspecified atom stereocenters. The Labute approximate surface area is 186 Å². The van der Waals surface area contributed by atoms with Crippen molar-refractivity contribution in [1.29, 1.82) is 0 Å². The smallest absolute Gasteiger partial charge is 0.307 e. The van der Waals surface area contributed by atoms with Crippen molar-refractivity contribution in [3.05, 3.63) is 40.8 Å². The van der Waals surface area contributed by atoms with Crippen molar-refractivity contribution in [2.45, 2.75) is 39.2 Å². The van der Waals surface area contributed by atoms with E-state index in [9.17, 15) is 22.7 Å². The van der Waals surface area contributed by atoms with E-state index in [1.54, 1.807) is 6.07 Å². The molecular formula is C22H28FNO5S2. The number of halogens is 1. The second-order valence-corrected chi connectivity index (χ2v) is 11.1. The zero-order valence-corrected chi connectivity index (χ0v) is 19.3. The number of rotatable bonds is 9. The molecule has 1 N–H and O–H groups in total. The summed E-state index contributed by atoms with van der Waals surface area (Å²) in [5, 5.41) is 13.2. The number of piperidine rings is 1. The minimum atomic E-state index is -3.67. The maximum atomic E-state index is 13.8. The van der Waals surface area contributed by atoms with Crippen LogP contribution in [0.4, 0.5) is 4.39 Å². The summed E-state index contributed by atoms with van der Waals surface area (Å²) in [6.07, 6.45) is 1.10. The summed E-state index contributed by atoms with van der Waals surface area (Å²) in [4.78, 5) is 11.5. The number of hydrogen-bond acceptors (Lipinski definition) is 5. The van der Waals surface area contributed by atoms with Gasteiger partial charge in [-0.1, -0.05) is 13.8 Å². The molecule has 1 aliphatic rings. The zero-order valence-electron chi connectivity index (χ0n) is 17.7. The number of sulfonamides is 1. The zero-order chi connectivity index (χ0) is 22.6. The van der Waals surface area contributed by atoms with Crippen LogP contribution in [0.15, 0.2) is 35.0 Å². The summed E-state index contributed by atoms with van der Waals surface area (Å²) in [6, 6.07) is 6.30. The largest absolute Gasteiger partial charge is 0.490 e. The predicted molar refractivity (Wildman–Crippen MR) is 119 cm³/mol. The molecule has 1 fully saturated rings. The summed E-state index contributed by atoms with van der Waals surface area (Å²) >= 11 is 1.52. The Morgan fingerprint density at radius 3 is 2.58 bits per heavy atom. The molecule has 1 aliphatic heterocycles. The summed E-state index contributed by atoms with van der Waals surface area (Å²) in [5.41, 5.74) is 1.55. The van der Waals surface area contributed by atoms with Crippen molar-refractivity contribution in [1.82, 2.24) is 4.31 Å². The topological polar surface area (TPSA) is 83.9 Å². The van der Waals surface area contributed by atoms with Crippen molar-refractivity contribution in [2.24, 2.45) is 11.8 Å². The van der Waals surface area contributed by atoms with Crippen LogP contribution in [0.1, 0.15) is 33.1 Å². The van der Waals surface area contributed by atoms with Crippen LogP contribution < -0.4 is 4.74 Å². The highest BCUT2D eigenvalue weighted by Gasteiger charge is 2.33. The van der Waals surface area contributed by atoms with E-state index in [0.29, 0.717) is 30.6 Å². The number of ether oxygens (including phenoxy) is 1. The molecule has 0 saturated carbocycles. The molecule has 2 heterocycles. The maximum absolute atomic E-state index is 13.8. The van der Waals surface area contributed by atoms with E-state index in [0.717, 1.165) is 5.56 Å². The SMILES string of the molecule is CC(C)CC(CS(=O)(=O)N1CCC(Oc2ccc(F)cc2-c2ccsc2)CC1)C(=O)O. The van der Waals surface area contributed by atoms with Gasteiger partial charge in [-0.25, -0.2) is 17.1 Å². The van der Waals surface area contributed by atoms with Crippen molar-refractivity contribution < 1.29 is 27.4 Å². The van der Waals surface area contributed by atoms with Crippen LogP contribution in [0.3, 0.4) is 0 Å². The third kappa shape index (κ3) is 6.27. The summed E-state index contributed by atoms with van der Waals surface area (Å²) in [7, 11) is -3.67. The van der Waals surface area contributed by atoms with Gasteiger partial charge in [0.2, 0.25) is 10.0 Å². The molecule has 0 radical (unpaired) electrons. The molecule has 0 spiro atoms. The van der Waals surface area contributed by atoms with Gasteiger partial charge >= 0.3 is 5.97 Å². The first-order valence-electron chi connectivity index (χ1n) is 10.3. The minimum Gasteiger partial charge on any atom is -0.490 e. The van der Waals surface area contributed by atoms with Crippen LogP contribution in [0, 0.1) is 17.7 Å². The molecule has 0 aliphatic carbocycles. The highest BCUT2D eigenvalue weighted by atomic mass is 32.2. The fraction of sp³-hybridized carbons (Fsp3) is 0.500. The van der Waals surface area contributed by atoms with E-state index in [4.69, 9.17) is 4.74 Å². The van der Waals surface area contributed by atoms with Gasteiger partial charge in [0, 0.05) is 18.7 Å². The third-order valence-electron chi connectivity index (χ3n) is 5.38. The average Bonchev–Trinajstić information content (AvgIpc) is 3.23. The van der Waals surface area contributed by atoms with Crippen molar-refractivity contribution >= 4 is 27.3 Å². The molecule has 0 bridgehead atoms. The molecular weight excluding hydrogens is 441 g/mol. The molecule has 1 atom stereocenters. The first kappa shape index (κ1) is 23.7. The summed E-state index contributed by atoms with van der Waals surface area (Å²) in [6.45, 7) is 4.31. The van der Waals surface area contributed by atoms with Gasteiger partial charge in [0.1, 0.15) is 17.7 Å². The van der Waals surface area contributed by atoms with Crippen molar-refractivity contribution in [3.8, 4) is 16.9 Å². The van der Waals surface area contributed by atoms with Crippen LogP contribution in [0.2, 0.25) is 0 Å². The molecule has 9 heteroatoms. The number of nitrogens with zero attached hydrogens (tertiary/aromatic N) is 1. The number of carboxylic acid groups (broad SMARTS) is 1. The first-order chi connectivity index (χ1) is 14.7. The second kappa shape index (κ2) is 10.1. The lowest BCUT2D eigenvalue weighted by molar-refractivity contribution is -0.141. The highest BCUT2D eigenvalue weighted by molar-refractivity contribution is 7.89. The lowest BCUT2D eigenvalue weighted by atomic mass is 9.99. The fourth-order valence-electron chi connectivity index (χ4n) is 3.82. The van der Waals surface area contributed by atoms with E-state index in [-0.39, 0.29) is 36.7 Å². The Hall–Kier alpha value is -1.97. The number of carbonyl (C=O) groups is 1. The number of carboxylic acids is 1. The Balaban J connectivity index is 1.63. The van der Waals surface area contributed by atoms with Gasteiger partial charge < -0.3 is 9.84 Å². The Kier molecular flexibility index (Phi) is 7.72. The molecule has 1 saturated heterocycles. The van der Waals surface area contributed by atoms with Gasteiger partial charge in [0.05, 0.1) is 11.7 Å². The molecule has 170 valence electrons. The van der Waals surface area contributed by atoms with Gasteiger partial charge in [-0.2, -0.15) is 11.3 Å². The van der Waals surface area contributed by atoms with Gasteiger partial charge in [-0.15, -0.1) is 0 Å². The molecule has 0 amide bonds. The Morgan fingerprint density at radius 2 is 2.00 bits per heavy atom. The van der Waals surface area contributed by atoms with E-state index < -0.39 is 21.9 Å². The quantitative estimate of drug-likeness (QED) is 0.586. The van der Waals surface area contributed by atoms with Crippen molar-refractivity contribution in [3.63, 3.8) is 0 Å². The first-order valence-corrected chi connectivity index (χ1v) is 12.9. The molecule has 3 rings (SSSR count). The standard InChI is InChI=1S/C22H28FNO5S2/c1-15(2)11-17(22(25)26)14-31(27,28)24-8-5-19(6-9-24)29-21-4-3-18(23)12-20(21)16-7-10-30-13-16/h3-4,7,10,12-13,15,17,19H,5-6,8-9,11,14H2,1-2H3,(H,25,26).